The second-order valence-electron chi connectivity index (χ2n) is 4.44. The number of aliphatic carboxylic acids is 1. The van der Waals surface area contributed by atoms with E-state index in [4.69, 9.17) is 9.84 Å². The van der Waals surface area contributed by atoms with Gasteiger partial charge in [0.2, 0.25) is 11.8 Å². The third kappa shape index (κ3) is 6.63. The molecule has 1 saturated heterocycles. The Labute approximate surface area is 127 Å². The third-order valence-electron chi connectivity index (χ3n) is 2.84. The Kier molecular flexibility index (Phi) is 7.84. The number of nitrogens with zero attached hydrogens (tertiary/aromatic N) is 2. The molecule has 1 aliphatic rings. The molecule has 1 N–H and O–H groups in total. The maximum atomic E-state index is 11.9. The number of rotatable bonds is 8. The zero-order valence-corrected chi connectivity index (χ0v) is 12.6. The number of thioether (sulfide) groups is 1. The van der Waals surface area contributed by atoms with Crippen molar-refractivity contribution in [2.45, 2.75) is 0 Å². The van der Waals surface area contributed by atoms with Crippen LogP contribution in [0.15, 0.2) is 12.7 Å². The Morgan fingerprint density at radius 1 is 1.29 bits per heavy atom. The third-order valence-corrected chi connectivity index (χ3v) is 3.75. The van der Waals surface area contributed by atoms with Crippen molar-refractivity contribution in [2.75, 3.05) is 50.9 Å². The van der Waals surface area contributed by atoms with Crippen LogP contribution in [0.2, 0.25) is 0 Å². The Balaban J connectivity index is 2.31. The van der Waals surface area contributed by atoms with E-state index >= 15 is 0 Å². The van der Waals surface area contributed by atoms with Crippen molar-refractivity contribution in [3.8, 4) is 0 Å². The second-order valence-corrected chi connectivity index (χ2v) is 5.43. The minimum atomic E-state index is -1.07. The SMILES string of the molecule is C=CCN(CC(=O)O)C(=O)CSCC(=O)N1CCOCC1. The maximum Gasteiger partial charge on any atom is 0.323 e. The number of carbonyl (C=O) groups excluding carboxylic acids is 2. The lowest BCUT2D eigenvalue weighted by atomic mass is 10.4. The van der Waals surface area contributed by atoms with Gasteiger partial charge in [-0.3, -0.25) is 14.4 Å². The van der Waals surface area contributed by atoms with Crippen molar-refractivity contribution in [2.24, 2.45) is 0 Å². The fourth-order valence-corrected chi connectivity index (χ4v) is 2.61. The Hall–Kier alpha value is -1.54. The van der Waals surface area contributed by atoms with Crippen LogP contribution >= 0.6 is 11.8 Å². The van der Waals surface area contributed by atoms with Crippen LogP contribution in [0.5, 0.6) is 0 Å². The van der Waals surface area contributed by atoms with Gasteiger partial charge in [0.15, 0.2) is 0 Å². The number of carboxylic acids is 1. The number of hydrogen-bond acceptors (Lipinski definition) is 5. The molecule has 118 valence electrons. The van der Waals surface area contributed by atoms with E-state index in [0.29, 0.717) is 26.3 Å². The van der Waals surface area contributed by atoms with Crippen LogP contribution < -0.4 is 0 Å². The molecule has 0 aromatic carbocycles. The topological polar surface area (TPSA) is 87.2 Å². The number of morpholine rings is 1. The second kappa shape index (κ2) is 9.41. The quantitative estimate of drug-likeness (QED) is 0.618. The van der Waals surface area contributed by atoms with Crippen LogP contribution in [-0.2, 0) is 19.1 Å². The van der Waals surface area contributed by atoms with Gasteiger partial charge in [0.05, 0.1) is 24.7 Å². The molecule has 0 bridgehead atoms. The van der Waals surface area contributed by atoms with Gasteiger partial charge in [-0.15, -0.1) is 18.3 Å². The van der Waals surface area contributed by atoms with E-state index in [-0.39, 0.29) is 36.4 Å². The lowest BCUT2D eigenvalue weighted by Gasteiger charge is -2.26. The van der Waals surface area contributed by atoms with Gasteiger partial charge in [0.1, 0.15) is 6.54 Å². The first kappa shape index (κ1) is 17.5. The highest BCUT2D eigenvalue weighted by atomic mass is 32.2. The zero-order chi connectivity index (χ0) is 15.7. The van der Waals surface area contributed by atoms with Crippen molar-refractivity contribution >= 4 is 29.5 Å². The molecular formula is C13H20N2O5S. The molecule has 1 fully saturated rings. The van der Waals surface area contributed by atoms with Gasteiger partial charge in [-0.1, -0.05) is 6.08 Å². The molecule has 0 atom stereocenters. The largest absolute Gasteiger partial charge is 0.480 e. The first-order chi connectivity index (χ1) is 10.0. The summed E-state index contributed by atoms with van der Waals surface area (Å²) in [6, 6.07) is 0. The highest BCUT2D eigenvalue weighted by Crippen LogP contribution is 2.07. The molecule has 0 radical (unpaired) electrons. The Bertz CT molecular complexity index is 396. The summed E-state index contributed by atoms with van der Waals surface area (Å²) in [5.74, 6) is -1.11. The Morgan fingerprint density at radius 3 is 2.52 bits per heavy atom. The van der Waals surface area contributed by atoms with E-state index < -0.39 is 5.97 Å². The molecule has 0 aromatic heterocycles. The predicted octanol–water partition coefficient (Wildman–Crippen LogP) is -0.322. The summed E-state index contributed by atoms with van der Waals surface area (Å²) in [5.41, 5.74) is 0. The molecule has 0 aromatic rings. The minimum absolute atomic E-state index is 0.0235. The summed E-state index contributed by atoms with van der Waals surface area (Å²) in [6.07, 6.45) is 1.48. The molecule has 8 heteroatoms. The zero-order valence-electron chi connectivity index (χ0n) is 11.8. The average Bonchev–Trinajstić information content (AvgIpc) is 2.47. The van der Waals surface area contributed by atoms with E-state index in [0.717, 1.165) is 0 Å². The van der Waals surface area contributed by atoms with Crippen LogP contribution in [0.4, 0.5) is 0 Å². The van der Waals surface area contributed by atoms with Gasteiger partial charge >= 0.3 is 5.97 Å². The van der Waals surface area contributed by atoms with Gasteiger partial charge in [-0.25, -0.2) is 0 Å². The van der Waals surface area contributed by atoms with E-state index in [1.807, 2.05) is 0 Å². The average molecular weight is 316 g/mol. The molecule has 7 nitrogen and oxygen atoms in total. The molecule has 1 heterocycles. The monoisotopic (exact) mass is 316 g/mol. The highest BCUT2D eigenvalue weighted by molar-refractivity contribution is 8.00. The summed E-state index contributed by atoms with van der Waals surface area (Å²) in [5, 5.41) is 8.74. The molecule has 1 aliphatic heterocycles. The number of carbonyl (C=O) groups is 3. The predicted molar refractivity (Wildman–Crippen MR) is 79.1 cm³/mol. The summed E-state index contributed by atoms with van der Waals surface area (Å²) >= 11 is 1.19. The number of amides is 2. The van der Waals surface area contributed by atoms with Crippen LogP contribution in [0.1, 0.15) is 0 Å². The van der Waals surface area contributed by atoms with Crippen LogP contribution in [0.25, 0.3) is 0 Å². The van der Waals surface area contributed by atoms with Gasteiger partial charge in [-0.05, 0) is 0 Å². The summed E-state index contributed by atoms with van der Waals surface area (Å²) in [6.45, 7) is 5.56. The van der Waals surface area contributed by atoms with E-state index in [9.17, 15) is 14.4 Å². The van der Waals surface area contributed by atoms with Gasteiger partial charge in [-0.2, -0.15) is 0 Å². The minimum Gasteiger partial charge on any atom is -0.480 e. The molecule has 1 rings (SSSR count). The summed E-state index contributed by atoms with van der Waals surface area (Å²) in [7, 11) is 0. The van der Waals surface area contributed by atoms with Crippen molar-refractivity contribution in [1.82, 2.24) is 9.80 Å². The van der Waals surface area contributed by atoms with Crippen LogP contribution in [0.3, 0.4) is 0 Å². The summed E-state index contributed by atoms with van der Waals surface area (Å²) in [4.78, 5) is 37.3. The summed E-state index contributed by atoms with van der Waals surface area (Å²) < 4.78 is 5.16. The number of ether oxygens (including phenoxy) is 1. The van der Waals surface area contributed by atoms with Crippen molar-refractivity contribution in [1.29, 1.82) is 0 Å². The fraction of sp³-hybridized carbons (Fsp3) is 0.615. The van der Waals surface area contributed by atoms with E-state index in [1.54, 1.807) is 4.90 Å². The first-order valence-electron chi connectivity index (χ1n) is 6.58. The van der Waals surface area contributed by atoms with Gasteiger partial charge < -0.3 is 19.6 Å². The Morgan fingerprint density at radius 2 is 1.95 bits per heavy atom. The van der Waals surface area contributed by atoms with Crippen molar-refractivity contribution in [3.63, 3.8) is 0 Å². The number of carboxylic acid groups (broad SMARTS) is 1. The molecular weight excluding hydrogens is 296 g/mol. The molecule has 0 spiro atoms. The molecule has 0 unspecified atom stereocenters. The molecule has 21 heavy (non-hydrogen) atoms. The maximum absolute atomic E-state index is 11.9. The highest BCUT2D eigenvalue weighted by Gasteiger charge is 2.19. The molecule has 0 saturated carbocycles. The van der Waals surface area contributed by atoms with Crippen LogP contribution in [0, 0.1) is 0 Å². The molecule has 2 amide bonds. The number of hydrogen-bond donors (Lipinski definition) is 1. The fourth-order valence-electron chi connectivity index (χ4n) is 1.79. The van der Waals surface area contributed by atoms with Crippen molar-refractivity contribution in [3.05, 3.63) is 12.7 Å². The smallest absolute Gasteiger partial charge is 0.323 e. The molecule has 0 aliphatic carbocycles. The van der Waals surface area contributed by atoms with Crippen LogP contribution in [-0.4, -0.2) is 83.6 Å². The lowest BCUT2D eigenvalue weighted by Crippen LogP contribution is -2.42. The standard InChI is InChI=1S/C13H20N2O5S/c1-2-3-15(8-13(18)19)12(17)10-21-9-11(16)14-4-6-20-7-5-14/h2H,1,3-10H2,(H,18,19). The van der Waals surface area contributed by atoms with Gasteiger partial charge in [0, 0.05) is 19.6 Å². The van der Waals surface area contributed by atoms with E-state index in [1.165, 1.54) is 22.7 Å². The van der Waals surface area contributed by atoms with E-state index in [2.05, 4.69) is 6.58 Å². The van der Waals surface area contributed by atoms with Crippen molar-refractivity contribution < 1.29 is 24.2 Å². The lowest BCUT2D eigenvalue weighted by molar-refractivity contribution is -0.143. The van der Waals surface area contributed by atoms with Gasteiger partial charge in [0.25, 0.3) is 0 Å². The normalized spacial score (nSPS) is 14.6. The first-order valence-corrected chi connectivity index (χ1v) is 7.73.